The van der Waals surface area contributed by atoms with Crippen molar-refractivity contribution in [3.8, 4) is 0 Å². The van der Waals surface area contributed by atoms with Crippen LogP contribution in [0.15, 0.2) is 0 Å². The first-order valence-corrected chi connectivity index (χ1v) is 5.74. The summed E-state index contributed by atoms with van der Waals surface area (Å²) in [5.74, 6) is -2.89. The fraction of sp³-hybridized carbons (Fsp3) is 0.667. The van der Waals surface area contributed by atoms with E-state index in [9.17, 15) is 14.4 Å². The van der Waals surface area contributed by atoms with Gasteiger partial charge in [0, 0.05) is 5.75 Å². The van der Waals surface area contributed by atoms with E-state index in [0.29, 0.717) is 0 Å². The molecule has 0 saturated carbocycles. The van der Waals surface area contributed by atoms with Crippen molar-refractivity contribution in [1.82, 2.24) is 5.32 Å². The monoisotopic (exact) mass is 279 g/mol. The largest absolute Gasteiger partial charge is 0.394 e. The number of carbonyl (C=O) groups is 3. The van der Waals surface area contributed by atoms with E-state index in [-0.39, 0.29) is 5.75 Å². The predicted molar refractivity (Wildman–Crippen MR) is 65.9 cm³/mol. The highest BCUT2D eigenvalue weighted by Crippen LogP contribution is 1.96. The summed E-state index contributed by atoms with van der Waals surface area (Å²) in [6.07, 6.45) is 0. The normalized spacial score (nSPS) is 15.6. The molecule has 0 saturated heterocycles. The van der Waals surface area contributed by atoms with Gasteiger partial charge in [0.15, 0.2) is 0 Å². The lowest BCUT2D eigenvalue weighted by Gasteiger charge is -2.18. The molecule has 104 valence electrons. The molecule has 7 N–H and O–H groups in total. The van der Waals surface area contributed by atoms with Gasteiger partial charge in [-0.1, -0.05) is 0 Å². The maximum atomic E-state index is 11.6. The van der Waals surface area contributed by atoms with E-state index in [1.807, 2.05) is 0 Å². The number of Topliss-reactive ketones (excluding diaryl/α,β-unsaturated/α-hetero) is 2. The molecule has 0 aliphatic rings. The van der Waals surface area contributed by atoms with Crippen LogP contribution in [0.4, 0.5) is 0 Å². The molecule has 0 aliphatic carbocycles. The third kappa shape index (κ3) is 4.70. The highest BCUT2D eigenvalue weighted by molar-refractivity contribution is 7.80. The van der Waals surface area contributed by atoms with Crippen LogP contribution in [0.3, 0.4) is 0 Å². The Morgan fingerprint density at radius 3 is 1.94 bits per heavy atom. The molecule has 0 bridgehead atoms. The number of amides is 1. The molecule has 0 aromatic carbocycles. The molecule has 3 atom stereocenters. The highest BCUT2D eigenvalue weighted by Gasteiger charge is 2.30. The summed E-state index contributed by atoms with van der Waals surface area (Å²) in [4.78, 5) is 34.3. The number of ketones is 2. The second-order valence-corrected chi connectivity index (χ2v) is 3.92. The molecule has 0 unspecified atom stereocenters. The van der Waals surface area contributed by atoms with Gasteiger partial charge in [-0.15, -0.1) is 0 Å². The molecule has 0 spiro atoms. The van der Waals surface area contributed by atoms with E-state index in [4.69, 9.17) is 21.7 Å². The summed E-state index contributed by atoms with van der Waals surface area (Å²) < 4.78 is 0. The van der Waals surface area contributed by atoms with Crippen molar-refractivity contribution < 1.29 is 24.6 Å². The molecule has 0 fully saturated rings. The van der Waals surface area contributed by atoms with Crippen LogP contribution in [-0.4, -0.2) is 64.8 Å². The third-order valence-electron chi connectivity index (χ3n) is 2.13. The Morgan fingerprint density at radius 1 is 1.06 bits per heavy atom. The zero-order valence-corrected chi connectivity index (χ0v) is 10.5. The number of nitrogens with one attached hydrogen (secondary N) is 1. The number of aliphatic hydroxyl groups is 2. The molecule has 0 radical (unpaired) electrons. The van der Waals surface area contributed by atoms with Crippen molar-refractivity contribution in [3.05, 3.63) is 0 Å². The summed E-state index contributed by atoms with van der Waals surface area (Å²) in [7, 11) is 0. The zero-order valence-electron chi connectivity index (χ0n) is 9.57. The van der Waals surface area contributed by atoms with Gasteiger partial charge < -0.3 is 27.0 Å². The molecule has 0 aromatic heterocycles. The number of hydrogen-bond acceptors (Lipinski definition) is 8. The summed E-state index contributed by atoms with van der Waals surface area (Å²) >= 11 is 3.83. The van der Waals surface area contributed by atoms with Gasteiger partial charge >= 0.3 is 0 Å². The second-order valence-electron chi connectivity index (χ2n) is 3.55. The summed E-state index contributed by atoms with van der Waals surface area (Å²) in [6.45, 7) is -1.27. The van der Waals surface area contributed by atoms with E-state index in [0.717, 1.165) is 0 Å². The molecule has 9 heteroatoms. The van der Waals surface area contributed by atoms with Gasteiger partial charge in [0.2, 0.25) is 17.5 Å². The lowest BCUT2D eigenvalue weighted by molar-refractivity contribution is -0.139. The van der Waals surface area contributed by atoms with Crippen LogP contribution in [0.25, 0.3) is 0 Å². The van der Waals surface area contributed by atoms with E-state index in [1.165, 1.54) is 0 Å². The average molecular weight is 279 g/mol. The van der Waals surface area contributed by atoms with E-state index < -0.39 is 48.8 Å². The smallest absolute Gasteiger partial charge is 0.239 e. The Kier molecular flexibility index (Phi) is 7.71. The van der Waals surface area contributed by atoms with Crippen molar-refractivity contribution in [2.24, 2.45) is 11.5 Å². The lowest BCUT2D eigenvalue weighted by Crippen LogP contribution is -2.54. The molecule has 1 amide bonds. The van der Waals surface area contributed by atoms with Crippen LogP contribution in [0.5, 0.6) is 0 Å². The van der Waals surface area contributed by atoms with Crippen molar-refractivity contribution in [1.29, 1.82) is 0 Å². The summed E-state index contributed by atoms with van der Waals surface area (Å²) in [5, 5.41) is 19.5. The van der Waals surface area contributed by atoms with Gasteiger partial charge in [-0.25, -0.2) is 0 Å². The molecule has 0 aromatic rings. The highest BCUT2D eigenvalue weighted by atomic mass is 32.1. The minimum absolute atomic E-state index is 0.132. The quantitative estimate of drug-likeness (QED) is 0.196. The number of nitrogens with two attached hydrogens (primary N) is 2. The predicted octanol–water partition coefficient (Wildman–Crippen LogP) is -3.82. The van der Waals surface area contributed by atoms with E-state index in [2.05, 4.69) is 17.9 Å². The van der Waals surface area contributed by atoms with Crippen LogP contribution < -0.4 is 16.8 Å². The van der Waals surface area contributed by atoms with Gasteiger partial charge in [-0.05, 0) is 0 Å². The molecule has 0 heterocycles. The van der Waals surface area contributed by atoms with Crippen LogP contribution in [0, 0.1) is 0 Å². The first-order valence-electron chi connectivity index (χ1n) is 5.11. The first-order chi connectivity index (χ1) is 8.38. The van der Waals surface area contributed by atoms with Gasteiger partial charge in [0.1, 0.15) is 12.1 Å². The van der Waals surface area contributed by atoms with Gasteiger partial charge in [0.25, 0.3) is 0 Å². The fourth-order valence-corrected chi connectivity index (χ4v) is 1.25. The van der Waals surface area contributed by atoms with Crippen LogP contribution in [0.1, 0.15) is 0 Å². The van der Waals surface area contributed by atoms with Crippen molar-refractivity contribution in [3.63, 3.8) is 0 Å². The second kappa shape index (κ2) is 8.16. The van der Waals surface area contributed by atoms with E-state index in [1.54, 1.807) is 0 Å². The molecular weight excluding hydrogens is 262 g/mol. The molecule has 0 aliphatic heterocycles. The number of hydrogen-bond donors (Lipinski definition) is 6. The Morgan fingerprint density at radius 2 is 1.56 bits per heavy atom. The Hall–Kier alpha value is -1.00. The molecular formula is C9H17N3O5S. The minimum Gasteiger partial charge on any atom is -0.394 e. The standard InChI is InChI=1S/C9H17N3O5S/c10-4(1-13)7(15)8(16)6(3-18)12-9(17)5(11)2-14/h4-6,13-14,18H,1-3,10-11H2,(H,12,17)/t4-,5-,6-/m0/s1. The Bertz CT molecular complexity index is 325. The SMILES string of the molecule is N[C@@H](CO)C(=O)N[C@@H](CS)C(=O)C(=O)[C@@H](N)CO. The fourth-order valence-electron chi connectivity index (χ4n) is 0.993. The Labute approximate surface area is 109 Å². The van der Waals surface area contributed by atoms with Gasteiger partial charge in [-0.2, -0.15) is 12.6 Å². The van der Waals surface area contributed by atoms with Crippen molar-refractivity contribution in [2.75, 3.05) is 19.0 Å². The zero-order chi connectivity index (χ0) is 14.3. The van der Waals surface area contributed by atoms with E-state index >= 15 is 0 Å². The Balaban J connectivity index is 4.64. The first kappa shape index (κ1) is 17.0. The lowest BCUT2D eigenvalue weighted by atomic mass is 10.0. The number of aliphatic hydroxyl groups excluding tert-OH is 2. The summed E-state index contributed by atoms with van der Waals surface area (Å²) in [6, 6.07) is -3.71. The maximum absolute atomic E-state index is 11.6. The number of carbonyl (C=O) groups excluding carboxylic acids is 3. The maximum Gasteiger partial charge on any atom is 0.239 e. The van der Waals surface area contributed by atoms with Crippen LogP contribution >= 0.6 is 12.6 Å². The number of thiol groups is 1. The molecule has 0 rings (SSSR count). The number of rotatable bonds is 8. The summed E-state index contributed by atoms with van der Waals surface area (Å²) in [5.41, 5.74) is 10.4. The van der Waals surface area contributed by atoms with Gasteiger partial charge in [-0.3, -0.25) is 14.4 Å². The third-order valence-corrected chi connectivity index (χ3v) is 2.49. The minimum atomic E-state index is -1.33. The average Bonchev–Trinajstić information content (AvgIpc) is 2.40. The molecule has 18 heavy (non-hydrogen) atoms. The van der Waals surface area contributed by atoms with Crippen molar-refractivity contribution >= 4 is 30.1 Å². The van der Waals surface area contributed by atoms with Crippen LogP contribution in [0.2, 0.25) is 0 Å². The van der Waals surface area contributed by atoms with Crippen LogP contribution in [-0.2, 0) is 14.4 Å². The van der Waals surface area contributed by atoms with Crippen molar-refractivity contribution in [2.45, 2.75) is 18.1 Å². The van der Waals surface area contributed by atoms with Gasteiger partial charge in [0.05, 0.1) is 19.3 Å². The topological polar surface area (TPSA) is 156 Å². The molecule has 8 nitrogen and oxygen atoms in total.